The number of aliphatic hydroxyl groups excluding tert-OH is 3. The summed E-state index contributed by atoms with van der Waals surface area (Å²) < 4.78 is 11.1. The van der Waals surface area contributed by atoms with Crippen molar-refractivity contribution in [2.24, 2.45) is 17.3 Å². The molecule has 0 spiro atoms. The number of aliphatic carboxylic acids is 1. The minimum atomic E-state index is -1.81. The van der Waals surface area contributed by atoms with Gasteiger partial charge < -0.3 is 35.0 Å². The molecule has 8 unspecified atom stereocenters. The van der Waals surface area contributed by atoms with E-state index >= 15 is 0 Å². The summed E-state index contributed by atoms with van der Waals surface area (Å²) >= 11 is 0. The number of carbonyl (C=O) groups is 2. The molecule has 1 saturated heterocycles. The largest absolute Gasteiger partial charge is 0.508 e. The first-order chi connectivity index (χ1) is 15.6. The van der Waals surface area contributed by atoms with Gasteiger partial charge in [-0.15, -0.1) is 0 Å². The van der Waals surface area contributed by atoms with Crippen LogP contribution >= 0.6 is 0 Å². The van der Waals surface area contributed by atoms with Crippen LogP contribution in [0, 0.1) is 17.3 Å². The number of Topliss-reactive ketones (excluding diaryl/α,β-unsaturated/α-hetero) is 1. The highest BCUT2D eigenvalue weighted by atomic mass is 16.7. The number of hydrogen-bond acceptors (Lipinski definition) is 8. The van der Waals surface area contributed by atoms with Crippen LogP contribution in [-0.2, 0) is 25.5 Å². The van der Waals surface area contributed by atoms with Crippen LogP contribution in [-0.4, -0.2) is 74.1 Å². The Bertz CT molecular complexity index is 963. The van der Waals surface area contributed by atoms with Crippen LogP contribution in [0.25, 0.3) is 0 Å². The molecule has 3 aliphatic carbocycles. The highest BCUT2D eigenvalue weighted by Gasteiger charge is 2.60. The van der Waals surface area contributed by atoms with Crippen LogP contribution < -0.4 is 0 Å². The van der Waals surface area contributed by atoms with Gasteiger partial charge in [0.05, 0.1) is 0 Å². The Morgan fingerprint density at radius 1 is 1.15 bits per heavy atom. The maximum Gasteiger partial charge on any atom is 0.335 e. The lowest BCUT2D eigenvalue weighted by Crippen LogP contribution is -2.61. The molecule has 180 valence electrons. The fraction of sp³-hybridized carbons (Fsp3) is 0.667. The molecule has 9 nitrogen and oxygen atoms in total. The third-order valence-electron chi connectivity index (χ3n) is 8.53. The molecule has 5 rings (SSSR count). The first kappa shape index (κ1) is 22.7. The molecule has 0 bridgehead atoms. The molecule has 2 saturated carbocycles. The molecule has 1 aromatic carbocycles. The van der Waals surface area contributed by atoms with E-state index in [1.54, 1.807) is 6.07 Å². The number of phenols is 1. The maximum atomic E-state index is 13.4. The molecule has 0 amide bonds. The van der Waals surface area contributed by atoms with Gasteiger partial charge in [-0.2, -0.15) is 0 Å². The summed E-state index contributed by atoms with van der Waals surface area (Å²) in [5.74, 6) is -0.697. The standard InChI is InChI=1S/C24H30O9/c1-24-7-6-13-12-5-3-11(25)8-10(12)2-4-14(13)15(24)9-16(21(24)29)32-23-19(28)17(26)18(27)20(33-23)22(30)31/h3,5,8,13-20,23,25-28H,2,4,6-7,9H2,1H3,(H,30,31)/t13?,14?,15?,16?,17?,18-,19?,20?,23+,24?/m1/s1. The van der Waals surface area contributed by atoms with E-state index in [4.69, 9.17) is 9.47 Å². The molecule has 9 heteroatoms. The van der Waals surface area contributed by atoms with Crippen molar-refractivity contribution in [1.29, 1.82) is 0 Å². The van der Waals surface area contributed by atoms with Crippen LogP contribution in [0.2, 0.25) is 0 Å². The van der Waals surface area contributed by atoms with E-state index in [1.807, 2.05) is 19.1 Å². The molecular weight excluding hydrogens is 432 g/mol. The van der Waals surface area contributed by atoms with E-state index in [9.17, 15) is 35.1 Å². The second-order valence-electron chi connectivity index (χ2n) is 10.2. The maximum absolute atomic E-state index is 13.4. The van der Waals surface area contributed by atoms with Crippen LogP contribution in [0.1, 0.15) is 49.7 Å². The molecule has 1 heterocycles. The number of aliphatic hydroxyl groups is 3. The number of carbonyl (C=O) groups excluding carboxylic acids is 1. The molecule has 4 aliphatic rings. The second-order valence-corrected chi connectivity index (χ2v) is 10.2. The van der Waals surface area contributed by atoms with E-state index in [1.165, 1.54) is 5.56 Å². The molecule has 0 radical (unpaired) electrons. The zero-order valence-electron chi connectivity index (χ0n) is 18.3. The number of ketones is 1. The molecule has 0 aromatic heterocycles. The van der Waals surface area contributed by atoms with E-state index in [0.717, 1.165) is 24.8 Å². The summed E-state index contributed by atoms with van der Waals surface area (Å²) in [5, 5.41) is 49.4. The second kappa shape index (κ2) is 8.02. The lowest BCUT2D eigenvalue weighted by atomic mass is 9.55. The van der Waals surface area contributed by atoms with Crippen molar-refractivity contribution in [3.8, 4) is 5.75 Å². The number of benzene rings is 1. The quantitative estimate of drug-likeness (QED) is 0.437. The summed E-state index contributed by atoms with van der Waals surface area (Å²) in [6.07, 6.45) is -5.76. The Kier molecular flexibility index (Phi) is 5.53. The number of aromatic hydroxyl groups is 1. The van der Waals surface area contributed by atoms with Gasteiger partial charge in [0.2, 0.25) is 0 Å². The first-order valence-corrected chi connectivity index (χ1v) is 11.6. The van der Waals surface area contributed by atoms with Crippen molar-refractivity contribution < 1.29 is 44.6 Å². The van der Waals surface area contributed by atoms with E-state index in [0.29, 0.717) is 18.8 Å². The van der Waals surface area contributed by atoms with Crippen molar-refractivity contribution in [2.75, 3.05) is 0 Å². The first-order valence-electron chi connectivity index (χ1n) is 11.6. The van der Waals surface area contributed by atoms with Gasteiger partial charge >= 0.3 is 5.97 Å². The molecule has 33 heavy (non-hydrogen) atoms. The Labute approximate surface area is 190 Å². The lowest BCUT2D eigenvalue weighted by molar-refractivity contribution is -0.301. The fourth-order valence-electron chi connectivity index (χ4n) is 6.78. The van der Waals surface area contributed by atoms with Gasteiger partial charge in [-0.05, 0) is 73.1 Å². The molecule has 1 aromatic rings. The third-order valence-corrected chi connectivity index (χ3v) is 8.53. The van der Waals surface area contributed by atoms with Gasteiger partial charge in [0.25, 0.3) is 0 Å². The number of carboxylic acid groups (broad SMARTS) is 1. The fourth-order valence-corrected chi connectivity index (χ4v) is 6.78. The number of phenolic OH excluding ortho intramolecular Hbond substituents is 1. The van der Waals surface area contributed by atoms with Gasteiger partial charge in [-0.1, -0.05) is 13.0 Å². The minimum Gasteiger partial charge on any atom is -0.508 e. The van der Waals surface area contributed by atoms with Gasteiger partial charge in [-0.3, -0.25) is 4.79 Å². The van der Waals surface area contributed by atoms with Crippen molar-refractivity contribution in [1.82, 2.24) is 0 Å². The topological polar surface area (TPSA) is 154 Å². The summed E-state index contributed by atoms with van der Waals surface area (Å²) in [7, 11) is 0. The summed E-state index contributed by atoms with van der Waals surface area (Å²) in [5.41, 5.74) is 1.79. The van der Waals surface area contributed by atoms with Gasteiger partial charge in [0.15, 0.2) is 18.2 Å². The normalized spacial score (nSPS) is 44.6. The average Bonchev–Trinajstić information content (AvgIpc) is 3.03. The Balaban J connectivity index is 1.36. The monoisotopic (exact) mass is 462 g/mol. The minimum absolute atomic E-state index is 0.0576. The smallest absolute Gasteiger partial charge is 0.335 e. The highest BCUT2D eigenvalue weighted by molar-refractivity contribution is 5.91. The van der Waals surface area contributed by atoms with Gasteiger partial charge in [0.1, 0.15) is 30.2 Å². The van der Waals surface area contributed by atoms with Gasteiger partial charge in [-0.25, -0.2) is 4.79 Å². The number of carboxylic acids is 1. The molecule has 10 atom stereocenters. The zero-order valence-corrected chi connectivity index (χ0v) is 18.3. The molecule has 1 aliphatic heterocycles. The Morgan fingerprint density at radius 3 is 2.64 bits per heavy atom. The summed E-state index contributed by atoms with van der Waals surface area (Å²) in [6, 6.07) is 5.52. The highest BCUT2D eigenvalue weighted by Crippen LogP contribution is 2.60. The summed E-state index contributed by atoms with van der Waals surface area (Å²) in [4.78, 5) is 24.8. The van der Waals surface area contributed by atoms with E-state index in [2.05, 4.69) is 0 Å². The van der Waals surface area contributed by atoms with E-state index < -0.39 is 48.2 Å². The van der Waals surface area contributed by atoms with Crippen molar-refractivity contribution in [3.63, 3.8) is 0 Å². The van der Waals surface area contributed by atoms with Crippen molar-refractivity contribution >= 4 is 11.8 Å². The summed E-state index contributed by atoms with van der Waals surface area (Å²) in [6.45, 7) is 1.96. The van der Waals surface area contributed by atoms with Crippen LogP contribution in [0.4, 0.5) is 0 Å². The molecule has 3 fully saturated rings. The number of aryl methyl sites for hydroxylation is 1. The molecule has 5 N–H and O–H groups in total. The Morgan fingerprint density at radius 2 is 1.91 bits per heavy atom. The number of rotatable bonds is 3. The van der Waals surface area contributed by atoms with Crippen molar-refractivity contribution in [2.45, 2.75) is 81.8 Å². The zero-order chi connectivity index (χ0) is 23.7. The predicted molar refractivity (Wildman–Crippen MR) is 112 cm³/mol. The Hall–Kier alpha value is -2.04. The predicted octanol–water partition coefficient (Wildman–Crippen LogP) is 0.705. The van der Waals surface area contributed by atoms with Crippen molar-refractivity contribution in [3.05, 3.63) is 29.3 Å². The van der Waals surface area contributed by atoms with Crippen LogP contribution in [0.5, 0.6) is 5.75 Å². The number of fused-ring (bicyclic) bond motifs is 5. The lowest BCUT2D eigenvalue weighted by Gasteiger charge is -2.48. The average molecular weight is 462 g/mol. The van der Waals surface area contributed by atoms with E-state index in [-0.39, 0.29) is 23.4 Å². The number of ether oxygens (including phenoxy) is 2. The van der Waals surface area contributed by atoms with Gasteiger partial charge in [0, 0.05) is 5.41 Å². The van der Waals surface area contributed by atoms with Crippen LogP contribution in [0.3, 0.4) is 0 Å². The number of hydrogen-bond donors (Lipinski definition) is 5. The SMILES string of the molecule is CC12CCC3c4ccc(O)cc4CCC3C1CC(O[C@H]1OC(C(=O)O)[C@H](O)C(O)C1O)C2=O. The van der Waals surface area contributed by atoms with Crippen LogP contribution in [0.15, 0.2) is 18.2 Å². The molecular formula is C24H30O9. The third kappa shape index (κ3) is 3.49.